The second kappa shape index (κ2) is 9.20. The van der Waals surface area contributed by atoms with E-state index in [0.29, 0.717) is 17.9 Å². The van der Waals surface area contributed by atoms with Gasteiger partial charge in [0, 0.05) is 5.57 Å². The molecule has 0 atom stereocenters. The first-order valence-corrected chi connectivity index (χ1v) is 6.16. The highest BCUT2D eigenvalue weighted by molar-refractivity contribution is 5.86. The molecule has 16 heavy (non-hydrogen) atoms. The molecule has 0 heterocycles. The maximum absolute atomic E-state index is 10.9. The number of allylic oxidation sites excluding steroid dienone is 3. The highest BCUT2D eigenvalue weighted by atomic mass is 16.4. The Morgan fingerprint density at radius 1 is 1.31 bits per heavy atom. The van der Waals surface area contributed by atoms with Gasteiger partial charge in [-0.15, -0.1) is 0 Å². The van der Waals surface area contributed by atoms with Crippen LogP contribution in [0.15, 0.2) is 23.8 Å². The molecule has 0 aliphatic carbocycles. The molecule has 0 rings (SSSR count). The molecule has 0 aromatic heterocycles. The molecule has 2 heteroatoms. The Morgan fingerprint density at radius 3 is 2.50 bits per heavy atom. The van der Waals surface area contributed by atoms with Crippen LogP contribution in [0.2, 0.25) is 0 Å². The number of unbranched alkanes of at least 4 members (excludes halogenated alkanes) is 3. The third-order valence-corrected chi connectivity index (χ3v) is 2.31. The zero-order valence-electron chi connectivity index (χ0n) is 10.7. The molecule has 0 saturated heterocycles. The largest absolute Gasteiger partial charge is 0.478 e. The molecule has 0 spiro atoms. The van der Waals surface area contributed by atoms with E-state index in [-0.39, 0.29) is 0 Å². The van der Waals surface area contributed by atoms with Crippen molar-refractivity contribution in [1.29, 1.82) is 0 Å². The van der Waals surface area contributed by atoms with Crippen LogP contribution in [0.1, 0.15) is 52.9 Å². The van der Waals surface area contributed by atoms with Gasteiger partial charge in [-0.05, 0) is 25.2 Å². The third-order valence-electron chi connectivity index (χ3n) is 2.31. The van der Waals surface area contributed by atoms with Crippen molar-refractivity contribution in [3.8, 4) is 0 Å². The SMILES string of the molecule is CCCCC/C=C/C=C(\CC(C)C)C(=O)O. The Bertz CT molecular complexity index is 249. The van der Waals surface area contributed by atoms with E-state index in [4.69, 9.17) is 5.11 Å². The number of hydrogen-bond acceptors (Lipinski definition) is 1. The van der Waals surface area contributed by atoms with E-state index in [1.807, 2.05) is 19.9 Å². The van der Waals surface area contributed by atoms with Crippen molar-refractivity contribution in [2.75, 3.05) is 0 Å². The van der Waals surface area contributed by atoms with Crippen LogP contribution < -0.4 is 0 Å². The Kier molecular flexibility index (Phi) is 8.59. The summed E-state index contributed by atoms with van der Waals surface area (Å²) < 4.78 is 0. The van der Waals surface area contributed by atoms with E-state index in [9.17, 15) is 4.79 Å². The van der Waals surface area contributed by atoms with Crippen molar-refractivity contribution in [3.63, 3.8) is 0 Å². The number of carboxylic acid groups (broad SMARTS) is 1. The second-order valence-corrected chi connectivity index (χ2v) is 4.52. The van der Waals surface area contributed by atoms with Crippen LogP contribution in [0.25, 0.3) is 0 Å². The van der Waals surface area contributed by atoms with Gasteiger partial charge in [0.05, 0.1) is 0 Å². The number of hydrogen-bond donors (Lipinski definition) is 1. The first kappa shape index (κ1) is 14.9. The highest BCUT2D eigenvalue weighted by Crippen LogP contribution is 2.11. The Hall–Kier alpha value is -1.05. The lowest BCUT2D eigenvalue weighted by molar-refractivity contribution is -0.132. The first-order chi connectivity index (χ1) is 7.57. The minimum atomic E-state index is -0.799. The van der Waals surface area contributed by atoms with Gasteiger partial charge in [-0.2, -0.15) is 0 Å². The number of carboxylic acids is 1. The molecule has 0 aliphatic heterocycles. The normalized spacial score (nSPS) is 12.6. The van der Waals surface area contributed by atoms with Crippen LogP contribution in [0.4, 0.5) is 0 Å². The van der Waals surface area contributed by atoms with E-state index in [1.165, 1.54) is 19.3 Å². The standard InChI is InChI=1S/C14H24O2/c1-4-5-6-7-8-9-10-13(14(15)16)11-12(2)3/h8-10,12H,4-7,11H2,1-3H3,(H,15,16)/b9-8+,13-10+. The van der Waals surface area contributed by atoms with E-state index < -0.39 is 5.97 Å². The van der Waals surface area contributed by atoms with Crippen LogP contribution in [0, 0.1) is 5.92 Å². The summed E-state index contributed by atoms with van der Waals surface area (Å²) >= 11 is 0. The minimum absolute atomic E-state index is 0.385. The Balaban J connectivity index is 4.07. The molecule has 0 fully saturated rings. The lowest BCUT2D eigenvalue weighted by atomic mass is 10.0. The number of aliphatic carboxylic acids is 1. The van der Waals surface area contributed by atoms with Crippen molar-refractivity contribution in [3.05, 3.63) is 23.8 Å². The van der Waals surface area contributed by atoms with Crippen LogP contribution >= 0.6 is 0 Å². The second-order valence-electron chi connectivity index (χ2n) is 4.52. The summed E-state index contributed by atoms with van der Waals surface area (Å²) in [6.07, 6.45) is 11.0. The van der Waals surface area contributed by atoms with E-state index in [2.05, 4.69) is 13.0 Å². The molecule has 0 bridgehead atoms. The molecule has 1 N–H and O–H groups in total. The third kappa shape index (κ3) is 8.27. The van der Waals surface area contributed by atoms with Gasteiger partial charge in [0.1, 0.15) is 0 Å². The van der Waals surface area contributed by atoms with Gasteiger partial charge in [-0.25, -0.2) is 4.79 Å². The van der Waals surface area contributed by atoms with Gasteiger partial charge < -0.3 is 5.11 Å². The molecular formula is C14H24O2. The summed E-state index contributed by atoms with van der Waals surface area (Å²) in [5, 5.41) is 8.96. The average Bonchev–Trinajstić information content (AvgIpc) is 2.20. The van der Waals surface area contributed by atoms with Crippen LogP contribution in [0.5, 0.6) is 0 Å². The zero-order chi connectivity index (χ0) is 12.4. The summed E-state index contributed by atoms with van der Waals surface area (Å²) in [6, 6.07) is 0. The van der Waals surface area contributed by atoms with Gasteiger partial charge >= 0.3 is 5.97 Å². The molecule has 2 nitrogen and oxygen atoms in total. The molecule has 92 valence electrons. The number of rotatable bonds is 8. The quantitative estimate of drug-likeness (QED) is 0.381. The molecule has 0 radical (unpaired) electrons. The van der Waals surface area contributed by atoms with Crippen LogP contribution in [-0.2, 0) is 4.79 Å². The van der Waals surface area contributed by atoms with Crippen LogP contribution in [-0.4, -0.2) is 11.1 Å². The zero-order valence-corrected chi connectivity index (χ0v) is 10.7. The van der Waals surface area contributed by atoms with E-state index in [0.717, 1.165) is 6.42 Å². The van der Waals surface area contributed by atoms with Gasteiger partial charge in [0.2, 0.25) is 0 Å². The Morgan fingerprint density at radius 2 is 2.00 bits per heavy atom. The summed E-state index contributed by atoms with van der Waals surface area (Å²) in [6.45, 7) is 6.23. The summed E-state index contributed by atoms with van der Waals surface area (Å²) in [4.78, 5) is 10.9. The Labute approximate surface area is 99.1 Å². The minimum Gasteiger partial charge on any atom is -0.478 e. The van der Waals surface area contributed by atoms with Gasteiger partial charge in [-0.3, -0.25) is 0 Å². The lowest BCUT2D eigenvalue weighted by Gasteiger charge is -2.03. The van der Waals surface area contributed by atoms with Crippen molar-refractivity contribution in [2.24, 2.45) is 5.92 Å². The predicted molar refractivity (Wildman–Crippen MR) is 68.5 cm³/mol. The molecule has 0 amide bonds. The summed E-state index contributed by atoms with van der Waals surface area (Å²) in [5.41, 5.74) is 0.502. The van der Waals surface area contributed by atoms with Crippen molar-refractivity contribution in [2.45, 2.75) is 52.9 Å². The first-order valence-electron chi connectivity index (χ1n) is 6.16. The molecule has 0 aromatic carbocycles. The van der Waals surface area contributed by atoms with Gasteiger partial charge in [0.25, 0.3) is 0 Å². The van der Waals surface area contributed by atoms with E-state index in [1.54, 1.807) is 6.08 Å². The molecular weight excluding hydrogens is 200 g/mol. The number of carbonyl (C=O) groups is 1. The lowest BCUT2D eigenvalue weighted by Crippen LogP contribution is -2.03. The highest BCUT2D eigenvalue weighted by Gasteiger charge is 2.07. The topological polar surface area (TPSA) is 37.3 Å². The van der Waals surface area contributed by atoms with Crippen molar-refractivity contribution in [1.82, 2.24) is 0 Å². The molecule has 0 saturated carbocycles. The molecule has 0 unspecified atom stereocenters. The summed E-state index contributed by atoms with van der Waals surface area (Å²) in [7, 11) is 0. The van der Waals surface area contributed by atoms with Gasteiger partial charge in [0.15, 0.2) is 0 Å². The van der Waals surface area contributed by atoms with Crippen molar-refractivity contribution >= 4 is 5.97 Å². The monoisotopic (exact) mass is 224 g/mol. The smallest absolute Gasteiger partial charge is 0.331 e. The fraction of sp³-hybridized carbons (Fsp3) is 0.643. The van der Waals surface area contributed by atoms with Crippen molar-refractivity contribution < 1.29 is 9.90 Å². The van der Waals surface area contributed by atoms with E-state index >= 15 is 0 Å². The van der Waals surface area contributed by atoms with Crippen LogP contribution in [0.3, 0.4) is 0 Å². The predicted octanol–water partition coefficient (Wildman–Crippen LogP) is 4.18. The van der Waals surface area contributed by atoms with Gasteiger partial charge in [-0.1, -0.05) is 51.8 Å². The average molecular weight is 224 g/mol. The maximum Gasteiger partial charge on any atom is 0.331 e. The summed E-state index contributed by atoms with van der Waals surface area (Å²) in [5.74, 6) is -0.414. The maximum atomic E-state index is 10.9. The molecule has 0 aromatic rings. The fourth-order valence-corrected chi connectivity index (χ4v) is 1.46. The molecule has 0 aliphatic rings. The fourth-order valence-electron chi connectivity index (χ4n) is 1.46.